The third-order valence-electron chi connectivity index (χ3n) is 3.73. The predicted octanol–water partition coefficient (Wildman–Crippen LogP) is 2.94. The summed E-state index contributed by atoms with van der Waals surface area (Å²) >= 11 is 6.26. The molecule has 108 valence electrons. The first kappa shape index (κ1) is 16.6. The lowest BCUT2D eigenvalue weighted by Gasteiger charge is -2.35. The van der Waals surface area contributed by atoms with Gasteiger partial charge in [0.15, 0.2) is 0 Å². The standard InChI is InChI=1S/C14H21ClN2O.ClH/c1-10-8-17(7-6-13(10)16)9-11-12(15)4-3-5-14(11)18-2;/h3-5,10,13H,6-9,16H2,1-2H3;1H. The number of hydrogen-bond acceptors (Lipinski definition) is 3. The van der Waals surface area contributed by atoms with E-state index in [1.54, 1.807) is 7.11 Å². The number of piperidine rings is 1. The Morgan fingerprint density at radius 3 is 2.84 bits per heavy atom. The predicted molar refractivity (Wildman–Crippen MR) is 82.3 cm³/mol. The lowest BCUT2D eigenvalue weighted by atomic mass is 9.94. The zero-order valence-corrected chi connectivity index (χ0v) is 13.0. The maximum absolute atomic E-state index is 6.26. The van der Waals surface area contributed by atoms with E-state index < -0.39 is 0 Å². The van der Waals surface area contributed by atoms with Crippen molar-refractivity contribution in [1.29, 1.82) is 0 Å². The minimum Gasteiger partial charge on any atom is -0.496 e. The molecule has 1 saturated heterocycles. The molecule has 1 aliphatic rings. The van der Waals surface area contributed by atoms with Crippen LogP contribution in [0.3, 0.4) is 0 Å². The van der Waals surface area contributed by atoms with Gasteiger partial charge in [0.05, 0.1) is 7.11 Å². The number of hydrogen-bond donors (Lipinski definition) is 1. The number of rotatable bonds is 3. The van der Waals surface area contributed by atoms with Crippen molar-refractivity contribution < 1.29 is 4.74 Å². The molecule has 0 bridgehead atoms. The second-order valence-corrected chi connectivity index (χ2v) is 5.49. The summed E-state index contributed by atoms with van der Waals surface area (Å²) in [5.41, 5.74) is 7.12. The molecule has 5 heteroatoms. The fraction of sp³-hybridized carbons (Fsp3) is 0.571. The molecule has 2 unspecified atom stereocenters. The van der Waals surface area contributed by atoms with Gasteiger partial charge in [-0.15, -0.1) is 12.4 Å². The second-order valence-electron chi connectivity index (χ2n) is 5.09. The largest absolute Gasteiger partial charge is 0.496 e. The highest BCUT2D eigenvalue weighted by molar-refractivity contribution is 6.31. The van der Waals surface area contributed by atoms with Crippen molar-refractivity contribution in [1.82, 2.24) is 4.90 Å². The molecule has 2 rings (SSSR count). The molecule has 0 aliphatic carbocycles. The maximum Gasteiger partial charge on any atom is 0.124 e. The fourth-order valence-corrected chi connectivity index (χ4v) is 2.73. The van der Waals surface area contributed by atoms with Crippen LogP contribution in [0.4, 0.5) is 0 Å². The first-order valence-corrected chi connectivity index (χ1v) is 6.79. The number of halogens is 2. The van der Waals surface area contributed by atoms with E-state index in [1.807, 2.05) is 18.2 Å². The summed E-state index contributed by atoms with van der Waals surface area (Å²) in [6.07, 6.45) is 1.05. The highest BCUT2D eigenvalue weighted by Gasteiger charge is 2.24. The summed E-state index contributed by atoms with van der Waals surface area (Å²) in [4.78, 5) is 2.40. The first-order chi connectivity index (χ1) is 8.61. The van der Waals surface area contributed by atoms with Crippen LogP contribution in [0.15, 0.2) is 18.2 Å². The Kier molecular flexibility index (Phi) is 6.40. The Balaban J connectivity index is 0.00000180. The zero-order valence-electron chi connectivity index (χ0n) is 11.4. The van der Waals surface area contributed by atoms with Crippen molar-refractivity contribution in [2.75, 3.05) is 20.2 Å². The van der Waals surface area contributed by atoms with E-state index in [1.165, 1.54) is 0 Å². The van der Waals surface area contributed by atoms with Gasteiger partial charge in [0.1, 0.15) is 5.75 Å². The Hall–Kier alpha value is -0.480. The van der Waals surface area contributed by atoms with Gasteiger partial charge in [0.2, 0.25) is 0 Å². The summed E-state index contributed by atoms with van der Waals surface area (Å²) in [5.74, 6) is 1.40. The van der Waals surface area contributed by atoms with Gasteiger partial charge in [-0.25, -0.2) is 0 Å². The van der Waals surface area contributed by atoms with E-state index in [0.29, 0.717) is 12.0 Å². The van der Waals surface area contributed by atoms with Crippen molar-refractivity contribution in [3.05, 3.63) is 28.8 Å². The van der Waals surface area contributed by atoms with Crippen molar-refractivity contribution in [2.45, 2.75) is 25.9 Å². The van der Waals surface area contributed by atoms with Crippen LogP contribution in [-0.4, -0.2) is 31.1 Å². The van der Waals surface area contributed by atoms with E-state index in [-0.39, 0.29) is 12.4 Å². The molecule has 0 aromatic heterocycles. The van der Waals surface area contributed by atoms with Crippen LogP contribution in [0.2, 0.25) is 5.02 Å². The molecule has 1 aromatic rings. The molecule has 0 radical (unpaired) electrons. The summed E-state index contributed by atoms with van der Waals surface area (Å²) in [6.45, 7) is 5.09. The minimum atomic E-state index is 0. The number of likely N-dealkylation sites (tertiary alicyclic amines) is 1. The molecule has 19 heavy (non-hydrogen) atoms. The summed E-state index contributed by atoms with van der Waals surface area (Å²) in [6, 6.07) is 6.12. The smallest absolute Gasteiger partial charge is 0.124 e. The van der Waals surface area contributed by atoms with Gasteiger partial charge in [0.25, 0.3) is 0 Å². The van der Waals surface area contributed by atoms with E-state index >= 15 is 0 Å². The quantitative estimate of drug-likeness (QED) is 0.933. The number of methoxy groups -OCH3 is 1. The third-order valence-corrected chi connectivity index (χ3v) is 4.09. The van der Waals surface area contributed by atoms with Crippen molar-refractivity contribution in [3.63, 3.8) is 0 Å². The van der Waals surface area contributed by atoms with Gasteiger partial charge < -0.3 is 10.5 Å². The lowest BCUT2D eigenvalue weighted by molar-refractivity contribution is 0.156. The van der Waals surface area contributed by atoms with Crippen LogP contribution in [0.25, 0.3) is 0 Å². The van der Waals surface area contributed by atoms with Gasteiger partial charge in [-0.1, -0.05) is 24.6 Å². The Morgan fingerprint density at radius 1 is 1.47 bits per heavy atom. The molecule has 1 fully saturated rings. The molecule has 0 amide bonds. The number of nitrogens with zero attached hydrogens (tertiary/aromatic N) is 1. The summed E-state index contributed by atoms with van der Waals surface area (Å²) in [5, 5.41) is 0.775. The van der Waals surface area contributed by atoms with Crippen LogP contribution < -0.4 is 10.5 Å². The van der Waals surface area contributed by atoms with E-state index in [4.69, 9.17) is 22.1 Å². The van der Waals surface area contributed by atoms with E-state index in [2.05, 4.69) is 11.8 Å². The monoisotopic (exact) mass is 304 g/mol. The molecule has 2 N–H and O–H groups in total. The molecular formula is C14H22Cl2N2O. The van der Waals surface area contributed by atoms with Crippen LogP contribution in [0.1, 0.15) is 18.9 Å². The molecule has 2 atom stereocenters. The van der Waals surface area contributed by atoms with Gasteiger partial charge in [0, 0.05) is 29.7 Å². The molecular weight excluding hydrogens is 283 g/mol. The Morgan fingerprint density at radius 2 is 2.21 bits per heavy atom. The van der Waals surface area contributed by atoms with Gasteiger partial charge in [-0.05, 0) is 31.0 Å². The van der Waals surface area contributed by atoms with Crippen LogP contribution in [0, 0.1) is 5.92 Å². The van der Waals surface area contributed by atoms with E-state index in [0.717, 1.165) is 42.4 Å². The zero-order chi connectivity index (χ0) is 13.1. The van der Waals surface area contributed by atoms with Crippen LogP contribution >= 0.6 is 24.0 Å². The molecule has 0 saturated carbocycles. The summed E-state index contributed by atoms with van der Waals surface area (Å²) in [7, 11) is 1.68. The lowest BCUT2D eigenvalue weighted by Crippen LogP contribution is -2.45. The summed E-state index contributed by atoms with van der Waals surface area (Å²) < 4.78 is 5.38. The van der Waals surface area contributed by atoms with E-state index in [9.17, 15) is 0 Å². The average Bonchev–Trinajstić information content (AvgIpc) is 2.36. The average molecular weight is 305 g/mol. The molecule has 3 nitrogen and oxygen atoms in total. The SMILES string of the molecule is COc1cccc(Cl)c1CN1CCC(N)C(C)C1.Cl. The minimum absolute atomic E-state index is 0. The Labute approximate surface area is 126 Å². The highest BCUT2D eigenvalue weighted by atomic mass is 35.5. The fourth-order valence-electron chi connectivity index (χ4n) is 2.50. The molecule has 1 aliphatic heterocycles. The Bertz CT molecular complexity index is 414. The van der Waals surface area contributed by atoms with Crippen LogP contribution in [-0.2, 0) is 6.54 Å². The van der Waals surface area contributed by atoms with Gasteiger partial charge in [-0.2, -0.15) is 0 Å². The van der Waals surface area contributed by atoms with Crippen molar-refractivity contribution in [3.8, 4) is 5.75 Å². The normalized spacial score (nSPS) is 23.8. The topological polar surface area (TPSA) is 38.5 Å². The second kappa shape index (κ2) is 7.34. The molecule has 0 spiro atoms. The number of benzene rings is 1. The van der Waals surface area contributed by atoms with Gasteiger partial charge in [-0.3, -0.25) is 4.90 Å². The van der Waals surface area contributed by atoms with Gasteiger partial charge >= 0.3 is 0 Å². The third kappa shape index (κ3) is 3.99. The number of ether oxygens (including phenoxy) is 1. The van der Waals surface area contributed by atoms with Crippen molar-refractivity contribution in [2.24, 2.45) is 11.7 Å². The van der Waals surface area contributed by atoms with Crippen molar-refractivity contribution >= 4 is 24.0 Å². The highest BCUT2D eigenvalue weighted by Crippen LogP contribution is 2.29. The first-order valence-electron chi connectivity index (χ1n) is 6.41. The van der Waals surface area contributed by atoms with Crippen LogP contribution in [0.5, 0.6) is 5.75 Å². The molecule has 1 aromatic carbocycles. The maximum atomic E-state index is 6.26. The number of nitrogens with two attached hydrogens (primary N) is 1. The molecule has 1 heterocycles.